The van der Waals surface area contributed by atoms with E-state index in [1.807, 2.05) is 98.8 Å². The third-order valence-corrected chi connectivity index (χ3v) is 4.54. The fourth-order valence-corrected chi connectivity index (χ4v) is 3.03. The molecule has 0 fully saturated rings. The number of ether oxygens (including phenoxy) is 1. The van der Waals surface area contributed by atoms with Crippen LogP contribution in [-0.2, 0) is 10.3 Å². The lowest BCUT2D eigenvalue weighted by molar-refractivity contribution is -0.124. The zero-order chi connectivity index (χ0) is 18.4. The molecule has 3 heteroatoms. The molecule has 0 saturated heterocycles. The molecule has 0 saturated carbocycles. The fourth-order valence-electron chi connectivity index (χ4n) is 3.03. The maximum atomic E-state index is 12.7. The molecule has 3 aromatic carbocycles. The molecule has 0 aliphatic rings. The van der Waals surface area contributed by atoms with E-state index in [1.165, 1.54) is 0 Å². The van der Waals surface area contributed by atoms with Gasteiger partial charge in [-0.05, 0) is 36.6 Å². The number of nitrogens with one attached hydrogen (secondary N) is 1. The first kappa shape index (κ1) is 17.7. The maximum Gasteiger partial charge on any atom is 0.258 e. The molecule has 1 N–H and O–H groups in total. The van der Waals surface area contributed by atoms with E-state index in [0.717, 1.165) is 22.4 Å². The van der Waals surface area contributed by atoms with Crippen LogP contribution >= 0.6 is 0 Å². The molecule has 3 nitrogen and oxygen atoms in total. The first-order valence-corrected chi connectivity index (χ1v) is 8.70. The monoisotopic (exact) mass is 345 g/mol. The fraction of sp³-hybridized carbons (Fsp3) is 0.174. The van der Waals surface area contributed by atoms with Gasteiger partial charge in [0.25, 0.3) is 5.91 Å². The van der Waals surface area contributed by atoms with Gasteiger partial charge in [0.1, 0.15) is 5.75 Å². The van der Waals surface area contributed by atoms with Crippen molar-refractivity contribution in [2.24, 2.45) is 0 Å². The predicted molar refractivity (Wildman–Crippen MR) is 104 cm³/mol. The molecule has 0 unspecified atom stereocenters. The van der Waals surface area contributed by atoms with Crippen LogP contribution in [0.25, 0.3) is 0 Å². The molecule has 0 aromatic heterocycles. The topological polar surface area (TPSA) is 38.3 Å². The summed E-state index contributed by atoms with van der Waals surface area (Å²) in [7, 11) is 0. The standard InChI is InChI=1S/C23H23NO2/c1-18-11-9-10-16-21(18)26-17-22(25)24-23(2,19-12-5-3-6-13-19)20-14-7-4-8-15-20/h3-16H,17H2,1-2H3,(H,24,25). The van der Waals surface area contributed by atoms with Crippen molar-refractivity contribution in [1.82, 2.24) is 5.32 Å². The van der Waals surface area contributed by atoms with Gasteiger partial charge in [-0.3, -0.25) is 4.79 Å². The van der Waals surface area contributed by atoms with Crippen molar-refractivity contribution >= 4 is 5.91 Å². The molecule has 0 bridgehead atoms. The Labute approximate surface area is 154 Å². The quantitative estimate of drug-likeness (QED) is 0.716. The van der Waals surface area contributed by atoms with E-state index in [2.05, 4.69) is 5.32 Å². The number of carbonyl (C=O) groups is 1. The summed E-state index contributed by atoms with van der Waals surface area (Å²) in [5, 5.41) is 3.15. The van der Waals surface area contributed by atoms with Crippen LogP contribution < -0.4 is 10.1 Å². The highest BCUT2D eigenvalue weighted by atomic mass is 16.5. The summed E-state index contributed by atoms with van der Waals surface area (Å²) in [6.45, 7) is 3.95. The number of aryl methyl sites for hydroxylation is 1. The average molecular weight is 345 g/mol. The van der Waals surface area contributed by atoms with E-state index in [9.17, 15) is 4.79 Å². The molecule has 3 aromatic rings. The molecule has 0 spiro atoms. The molecule has 0 aliphatic heterocycles. The van der Waals surface area contributed by atoms with Crippen molar-refractivity contribution in [1.29, 1.82) is 0 Å². The molecular formula is C23H23NO2. The largest absolute Gasteiger partial charge is 0.484 e. The highest BCUT2D eigenvalue weighted by Gasteiger charge is 2.30. The van der Waals surface area contributed by atoms with Crippen molar-refractivity contribution < 1.29 is 9.53 Å². The van der Waals surface area contributed by atoms with E-state index in [-0.39, 0.29) is 12.5 Å². The highest BCUT2D eigenvalue weighted by Crippen LogP contribution is 2.29. The van der Waals surface area contributed by atoms with E-state index in [1.54, 1.807) is 0 Å². The Morgan fingerprint density at radius 1 is 0.846 bits per heavy atom. The molecule has 0 aliphatic carbocycles. The van der Waals surface area contributed by atoms with Gasteiger partial charge in [0.05, 0.1) is 5.54 Å². The average Bonchev–Trinajstić information content (AvgIpc) is 2.68. The number of para-hydroxylation sites is 1. The number of carbonyl (C=O) groups excluding carboxylic acids is 1. The molecule has 1 amide bonds. The minimum Gasteiger partial charge on any atom is -0.484 e. The lowest BCUT2D eigenvalue weighted by Crippen LogP contribution is -2.46. The van der Waals surface area contributed by atoms with Crippen LogP contribution in [0.3, 0.4) is 0 Å². The van der Waals surface area contributed by atoms with Crippen molar-refractivity contribution in [3.63, 3.8) is 0 Å². The Balaban J connectivity index is 1.80. The number of rotatable bonds is 6. The molecule has 0 heterocycles. The van der Waals surface area contributed by atoms with Gasteiger partial charge < -0.3 is 10.1 Å². The van der Waals surface area contributed by atoms with Crippen LogP contribution in [0.4, 0.5) is 0 Å². The van der Waals surface area contributed by atoms with Gasteiger partial charge in [0.15, 0.2) is 6.61 Å². The normalized spacial score (nSPS) is 11.0. The number of hydrogen-bond donors (Lipinski definition) is 1. The van der Waals surface area contributed by atoms with Crippen LogP contribution in [0.15, 0.2) is 84.9 Å². The molecule has 3 rings (SSSR count). The summed E-state index contributed by atoms with van der Waals surface area (Å²) >= 11 is 0. The first-order chi connectivity index (χ1) is 12.6. The van der Waals surface area contributed by atoms with Crippen LogP contribution in [0, 0.1) is 6.92 Å². The second kappa shape index (κ2) is 7.87. The maximum absolute atomic E-state index is 12.7. The zero-order valence-corrected chi connectivity index (χ0v) is 15.1. The van der Waals surface area contributed by atoms with Gasteiger partial charge in [0.2, 0.25) is 0 Å². The van der Waals surface area contributed by atoms with Gasteiger partial charge >= 0.3 is 0 Å². The number of hydrogen-bond acceptors (Lipinski definition) is 2. The van der Waals surface area contributed by atoms with Crippen LogP contribution in [-0.4, -0.2) is 12.5 Å². The summed E-state index contributed by atoms with van der Waals surface area (Å²) in [5.74, 6) is 0.562. The van der Waals surface area contributed by atoms with Crippen LogP contribution in [0.1, 0.15) is 23.6 Å². The predicted octanol–water partition coefficient (Wildman–Crippen LogP) is 4.45. The van der Waals surface area contributed by atoms with Crippen LogP contribution in [0.5, 0.6) is 5.75 Å². The molecule has 0 atom stereocenters. The third kappa shape index (κ3) is 3.94. The summed E-state index contributed by atoms with van der Waals surface area (Å²) in [6, 6.07) is 27.6. The van der Waals surface area contributed by atoms with Crippen molar-refractivity contribution in [3.8, 4) is 5.75 Å². The van der Waals surface area contributed by atoms with E-state index in [0.29, 0.717) is 0 Å². The summed E-state index contributed by atoms with van der Waals surface area (Å²) < 4.78 is 5.70. The number of benzene rings is 3. The first-order valence-electron chi connectivity index (χ1n) is 8.70. The van der Waals surface area contributed by atoms with Crippen molar-refractivity contribution in [2.75, 3.05) is 6.61 Å². The molecule has 0 radical (unpaired) electrons. The zero-order valence-electron chi connectivity index (χ0n) is 15.1. The second-order valence-corrected chi connectivity index (χ2v) is 6.46. The van der Waals surface area contributed by atoms with E-state index < -0.39 is 5.54 Å². The minimum absolute atomic E-state index is 0.0277. The smallest absolute Gasteiger partial charge is 0.258 e. The van der Waals surface area contributed by atoms with Crippen LogP contribution in [0.2, 0.25) is 0 Å². The van der Waals surface area contributed by atoms with Crippen molar-refractivity contribution in [2.45, 2.75) is 19.4 Å². The minimum atomic E-state index is -0.630. The van der Waals surface area contributed by atoms with Gasteiger partial charge in [-0.2, -0.15) is 0 Å². The Hall–Kier alpha value is -3.07. The lowest BCUT2D eigenvalue weighted by Gasteiger charge is -2.32. The summed E-state index contributed by atoms with van der Waals surface area (Å²) in [4.78, 5) is 12.7. The van der Waals surface area contributed by atoms with Gasteiger partial charge in [-0.15, -0.1) is 0 Å². The summed E-state index contributed by atoms with van der Waals surface area (Å²) in [5.41, 5.74) is 2.43. The van der Waals surface area contributed by atoms with Gasteiger partial charge in [-0.25, -0.2) is 0 Å². The van der Waals surface area contributed by atoms with Crippen molar-refractivity contribution in [3.05, 3.63) is 102 Å². The summed E-state index contributed by atoms with van der Waals surface area (Å²) in [6.07, 6.45) is 0. The lowest BCUT2D eigenvalue weighted by atomic mass is 9.84. The highest BCUT2D eigenvalue weighted by molar-refractivity contribution is 5.79. The molecule has 132 valence electrons. The Bertz CT molecular complexity index is 820. The van der Waals surface area contributed by atoms with E-state index >= 15 is 0 Å². The Morgan fingerprint density at radius 3 is 1.88 bits per heavy atom. The van der Waals surface area contributed by atoms with E-state index in [4.69, 9.17) is 4.74 Å². The SMILES string of the molecule is Cc1ccccc1OCC(=O)NC(C)(c1ccccc1)c1ccccc1. The molecule has 26 heavy (non-hydrogen) atoms. The Morgan fingerprint density at radius 2 is 1.35 bits per heavy atom. The second-order valence-electron chi connectivity index (χ2n) is 6.46. The van der Waals surface area contributed by atoms with Gasteiger partial charge in [0, 0.05) is 0 Å². The Kier molecular flexibility index (Phi) is 5.37. The molecular weight excluding hydrogens is 322 g/mol. The number of amides is 1. The third-order valence-electron chi connectivity index (χ3n) is 4.54. The van der Waals surface area contributed by atoms with Gasteiger partial charge in [-0.1, -0.05) is 78.9 Å².